The Bertz CT molecular complexity index is 402. The number of benzene rings is 1. The smallest absolute Gasteiger partial charge is 0.176 e. The first kappa shape index (κ1) is 11.7. The molecule has 2 N–H and O–H groups in total. The van der Waals surface area contributed by atoms with E-state index in [4.69, 9.17) is 10.5 Å². The molecule has 0 saturated carbocycles. The maximum absolute atomic E-state index is 13.4. The number of ether oxygens (including phenoxy) is 1. The Kier molecular flexibility index (Phi) is 3.42. The fraction of sp³-hybridized carbons (Fsp3) is 0.364. The van der Waals surface area contributed by atoms with E-state index >= 15 is 0 Å². The summed E-state index contributed by atoms with van der Waals surface area (Å²) in [6, 6.07) is 1.21. The quantitative estimate of drug-likeness (QED) is 0.772. The van der Waals surface area contributed by atoms with Crippen LogP contribution in [0.2, 0.25) is 0 Å². The summed E-state index contributed by atoms with van der Waals surface area (Å²) in [4.78, 5) is 11.4. The number of rotatable bonds is 3. The van der Waals surface area contributed by atoms with Crippen molar-refractivity contribution in [2.45, 2.75) is 13.8 Å². The summed E-state index contributed by atoms with van der Waals surface area (Å²) in [6.07, 6.45) is 0. The lowest BCUT2D eigenvalue weighted by molar-refractivity contribution is 0.1000. The molecule has 0 radical (unpaired) electrons. The van der Waals surface area contributed by atoms with E-state index in [0.29, 0.717) is 16.9 Å². The third-order valence-corrected chi connectivity index (χ3v) is 2.40. The average Bonchev–Trinajstić information content (AvgIpc) is 2.23. The number of carbonyl (C=O) groups is 1. The zero-order valence-corrected chi connectivity index (χ0v) is 9.06. The fourth-order valence-electron chi connectivity index (χ4n) is 1.56. The van der Waals surface area contributed by atoms with Crippen LogP contribution in [-0.4, -0.2) is 19.4 Å². The Hall–Kier alpha value is -1.42. The second-order valence-electron chi connectivity index (χ2n) is 3.32. The van der Waals surface area contributed by atoms with Crippen LogP contribution >= 0.6 is 0 Å². The molecular formula is C11H14FNO2. The lowest BCUT2D eigenvalue weighted by Gasteiger charge is -2.12. The fourth-order valence-corrected chi connectivity index (χ4v) is 1.56. The maximum atomic E-state index is 13.4. The first-order chi connectivity index (χ1) is 7.02. The molecule has 82 valence electrons. The number of halogens is 1. The number of methoxy groups -OCH3 is 1. The molecule has 0 saturated heterocycles. The van der Waals surface area contributed by atoms with Crippen LogP contribution in [0.1, 0.15) is 21.5 Å². The van der Waals surface area contributed by atoms with E-state index < -0.39 is 5.82 Å². The van der Waals surface area contributed by atoms with E-state index in [1.807, 2.05) is 0 Å². The molecule has 0 bridgehead atoms. The second kappa shape index (κ2) is 4.40. The van der Waals surface area contributed by atoms with Gasteiger partial charge in [-0.05, 0) is 19.9 Å². The Balaban J connectivity index is 3.43. The monoisotopic (exact) mass is 211 g/mol. The van der Waals surface area contributed by atoms with Gasteiger partial charge in [0.15, 0.2) is 5.78 Å². The van der Waals surface area contributed by atoms with Gasteiger partial charge >= 0.3 is 0 Å². The molecule has 3 nitrogen and oxygen atoms in total. The van der Waals surface area contributed by atoms with Gasteiger partial charge in [-0.3, -0.25) is 4.79 Å². The van der Waals surface area contributed by atoms with Crippen molar-refractivity contribution < 1.29 is 13.9 Å². The predicted octanol–water partition coefficient (Wildman–Crippen LogP) is 1.59. The van der Waals surface area contributed by atoms with Crippen molar-refractivity contribution in [3.05, 3.63) is 28.6 Å². The number of hydrogen-bond donors (Lipinski definition) is 1. The Morgan fingerprint density at radius 3 is 2.53 bits per heavy atom. The van der Waals surface area contributed by atoms with E-state index in [1.54, 1.807) is 13.8 Å². The molecule has 4 heteroatoms. The summed E-state index contributed by atoms with van der Waals surface area (Å²) in [5, 5.41) is 0. The van der Waals surface area contributed by atoms with Gasteiger partial charge < -0.3 is 10.5 Å². The standard InChI is InChI=1S/C11H14FNO2/c1-6-8(10(14)5-13)4-9(12)7(2)11(6)15-3/h4H,5,13H2,1-3H3. The zero-order chi connectivity index (χ0) is 11.6. The van der Waals surface area contributed by atoms with Gasteiger partial charge in [-0.2, -0.15) is 0 Å². The van der Waals surface area contributed by atoms with E-state index in [-0.39, 0.29) is 17.9 Å². The maximum Gasteiger partial charge on any atom is 0.176 e. The number of carbonyl (C=O) groups excluding carboxylic acids is 1. The van der Waals surface area contributed by atoms with Crippen molar-refractivity contribution in [2.75, 3.05) is 13.7 Å². The first-order valence-corrected chi connectivity index (χ1v) is 4.59. The lowest BCUT2D eigenvalue weighted by Crippen LogP contribution is -2.16. The summed E-state index contributed by atoms with van der Waals surface area (Å²) >= 11 is 0. The molecule has 1 rings (SSSR count). The van der Waals surface area contributed by atoms with Gasteiger partial charge in [0.2, 0.25) is 0 Å². The Labute approximate surface area is 88.0 Å². The molecular weight excluding hydrogens is 197 g/mol. The van der Waals surface area contributed by atoms with Crippen molar-refractivity contribution in [2.24, 2.45) is 5.73 Å². The molecule has 0 aliphatic carbocycles. The van der Waals surface area contributed by atoms with Gasteiger partial charge in [0.05, 0.1) is 13.7 Å². The highest BCUT2D eigenvalue weighted by molar-refractivity contribution is 5.99. The minimum atomic E-state index is -0.450. The van der Waals surface area contributed by atoms with Crippen LogP contribution in [0.4, 0.5) is 4.39 Å². The van der Waals surface area contributed by atoms with Crippen LogP contribution in [0.15, 0.2) is 6.07 Å². The number of ketones is 1. The minimum Gasteiger partial charge on any atom is -0.496 e. The molecule has 0 unspecified atom stereocenters. The third-order valence-electron chi connectivity index (χ3n) is 2.40. The average molecular weight is 211 g/mol. The van der Waals surface area contributed by atoms with Gasteiger partial charge in [-0.1, -0.05) is 0 Å². The second-order valence-corrected chi connectivity index (χ2v) is 3.32. The van der Waals surface area contributed by atoms with Crippen LogP contribution in [-0.2, 0) is 0 Å². The zero-order valence-electron chi connectivity index (χ0n) is 9.06. The van der Waals surface area contributed by atoms with Crippen molar-refractivity contribution in [3.63, 3.8) is 0 Å². The molecule has 0 fully saturated rings. The SMILES string of the molecule is COc1c(C)c(F)cc(C(=O)CN)c1C. The van der Waals surface area contributed by atoms with Crippen molar-refractivity contribution in [1.82, 2.24) is 0 Å². The molecule has 1 aromatic carbocycles. The first-order valence-electron chi connectivity index (χ1n) is 4.59. The topological polar surface area (TPSA) is 52.3 Å². The molecule has 15 heavy (non-hydrogen) atoms. The number of Topliss-reactive ketones (excluding diaryl/α,β-unsaturated/α-hetero) is 1. The summed E-state index contributed by atoms with van der Waals surface area (Å²) in [5.41, 5.74) is 6.57. The highest BCUT2D eigenvalue weighted by atomic mass is 19.1. The van der Waals surface area contributed by atoms with E-state index in [9.17, 15) is 9.18 Å². The largest absolute Gasteiger partial charge is 0.496 e. The van der Waals surface area contributed by atoms with Crippen LogP contribution in [0, 0.1) is 19.7 Å². The van der Waals surface area contributed by atoms with Gasteiger partial charge in [-0.15, -0.1) is 0 Å². The lowest BCUT2D eigenvalue weighted by atomic mass is 10.00. The van der Waals surface area contributed by atoms with Crippen LogP contribution < -0.4 is 10.5 Å². The molecule has 0 atom stereocenters. The third kappa shape index (κ3) is 1.99. The molecule has 1 aromatic rings. The van der Waals surface area contributed by atoms with Crippen molar-refractivity contribution >= 4 is 5.78 Å². The van der Waals surface area contributed by atoms with Gasteiger partial charge in [0, 0.05) is 16.7 Å². The van der Waals surface area contributed by atoms with E-state index in [2.05, 4.69) is 0 Å². The molecule has 0 amide bonds. The Morgan fingerprint density at radius 1 is 1.47 bits per heavy atom. The number of nitrogens with two attached hydrogens (primary N) is 1. The van der Waals surface area contributed by atoms with Gasteiger partial charge in [0.1, 0.15) is 11.6 Å². The minimum absolute atomic E-state index is 0.132. The molecule has 0 heterocycles. The predicted molar refractivity (Wildman–Crippen MR) is 55.8 cm³/mol. The van der Waals surface area contributed by atoms with Crippen LogP contribution in [0.3, 0.4) is 0 Å². The molecule has 0 spiro atoms. The normalized spacial score (nSPS) is 10.2. The number of hydrogen-bond acceptors (Lipinski definition) is 3. The summed E-state index contributed by atoms with van der Waals surface area (Å²) < 4.78 is 18.5. The van der Waals surface area contributed by atoms with Crippen LogP contribution in [0.25, 0.3) is 0 Å². The summed E-state index contributed by atoms with van der Waals surface area (Å²) in [7, 11) is 1.45. The van der Waals surface area contributed by atoms with Crippen molar-refractivity contribution in [3.8, 4) is 5.75 Å². The Morgan fingerprint density at radius 2 is 2.07 bits per heavy atom. The molecule has 0 aromatic heterocycles. The van der Waals surface area contributed by atoms with E-state index in [1.165, 1.54) is 13.2 Å². The van der Waals surface area contributed by atoms with Crippen molar-refractivity contribution in [1.29, 1.82) is 0 Å². The highest BCUT2D eigenvalue weighted by Crippen LogP contribution is 2.28. The van der Waals surface area contributed by atoms with E-state index in [0.717, 1.165) is 0 Å². The summed E-state index contributed by atoms with van der Waals surface area (Å²) in [6.45, 7) is 3.19. The van der Waals surface area contributed by atoms with Gasteiger partial charge in [-0.25, -0.2) is 4.39 Å². The molecule has 0 aliphatic rings. The molecule has 0 aliphatic heterocycles. The highest BCUT2D eigenvalue weighted by Gasteiger charge is 2.16. The summed E-state index contributed by atoms with van der Waals surface area (Å²) in [5.74, 6) is -0.328. The van der Waals surface area contributed by atoms with Gasteiger partial charge in [0.25, 0.3) is 0 Å². The van der Waals surface area contributed by atoms with Crippen LogP contribution in [0.5, 0.6) is 5.75 Å².